The molecule has 0 heterocycles. The van der Waals surface area contributed by atoms with Crippen molar-refractivity contribution in [1.29, 1.82) is 0 Å². The predicted molar refractivity (Wildman–Crippen MR) is 149 cm³/mol. The number of carbonyl (C=O) groups is 3. The van der Waals surface area contributed by atoms with Crippen molar-refractivity contribution >= 4 is 17.8 Å². The molecule has 0 saturated carbocycles. The van der Waals surface area contributed by atoms with Crippen LogP contribution in [0.5, 0.6) is 0 Å². The summed E-state index contributed by atoms with van der Waals surface area (Å²) in [6.07, 6.45) is -0.537. The quantitative estimate of drug-likeness (QED) is 0.286. The van der Waals surface area contributed by atoms with Crippen LogP contribution in [0.3, 0.4) is 0 Å². The number of esters is 2. The fraction of sp³-hybridized carbons (Fsp3) is 0.774. The highest BCUT2D eigenvalue weighted by molar-refractivity contribution is 5.79. The molecule has 0 spiro atoms. The van der Waals surface area contributed by atoms with Gasteiger partial charge in [0.2, 0.25) is 5.91 Å². The van der Waals surface area contributed by atoms with E-state index < -0.39 is 47.6 Å². The Morgan fingerprint density at radius 2 is 1.73 bits per heavy atom. The minimum atomic E-state index is -5.22. The Hall–Kier alpha value is -2.36. The van der Waals surface area contributed by atoms with E-state index in [-0.39, 0.29) is 48.6 Å². The molecule has 2 N–H and O–H groups in total. The van der Waals surface area contributed by atoms with Crippen LogP contribution in [0.2, 0.25) is 0 Å². The first-order chi connectivity index (χ1) is 18.7. The molecular formula is C31H48F3NO6. The Balaban J connectivity index is 2.17. The first kappa shape index (κ1) is 34.8. The molecule has 2 aliphatic rings. The summed E-state index contributed by atoms with van der Waals surface area (Å²) >= 11 is 0. The number of amides is 1. The molecule has 234 valence electrons. The number of rotatable bonds is 11. The largest absolute Gasteiger partial charge is 0.490 e. The second-order valence-electron chi connectivity index (χ2n) is 13.5. The number of allylic oxidation sites excluding steroid dienone is 3. The third-order valence-corrected chi connectivity index (χ3v) is 8.09. The number of hydrogen-bond acceptors (Lipinski definition) is 6. The fourth-order valence-corrected chi connectivity index (χ4v) is 5.54. The van der Waals surface area contributed by atoms with Crippen molar-refractivity contribution in [1.82, 2.24) is 5.32 Å². The average molecular weight is 588 g/mol. The summed E-state index contributed by atoms with van der Waals surface area (Å²) in [5.41, 5.74) is -0.160. The number of aliphatic hydroxyl groups excluding tert-OH is 1. The van der Waals surface area contributed by atoms with E-state index in [1.165, 1.54) is 0 Å². The Kier molecular flexibility index (Phi) is 11.7. The van der Waals surface area contributed by atoms with E-state index in [0.29, 0.717) is 19.3 Å². The molecule has 7 nitrogen and oxygen atoms in total. The van der Waals surface area contributed by atoms with Gasteiger partial charge in [0.1, 0.15) is 12.2 Å². The molecule has 0 aromatic rings. The number of alkyl halides is 3. The van der Waals surface area contributed by atoms with Crippen molar-refractivity contribution in [3.63, 3.8) is 0 Å². The topological polar surface area (TPSA) is 102 Å². The minimum Gasteiger partial charge on any atom is -0.461 e. The smallest absolute Gasteiger partial charge is 0.461 e. The lowest BCUT2D eigenvalue weighted by Crippen LogP contribution is -2.43. The van der Waals surface area contributed by atoms with Crippen molar-refractivity contribution in [2.45, 2.75) is 124 Å². The molecule has 0 fully saturated rings. The van der Waals surface area contributed by atoms with Gasteiger partial charge in [0, 0.05) is 17.9 Å². The zero-order valence-corrected chi connectivity index (χ0v) is 25.6. The maximum Gasteiger partial charge on any atom is 0.490 e. The van der Waals surface area contributed by atoms with Crippen molar-refractivity contribution in [2.24, 2.45) is 29.1 Å². The second kappa shape index (κ2) is 13.7. The Morgan fingerprint density at radius 3 is 2.29 bits per heavy atom. The summed E-state index contributed by atoms with van der Waals surface area (Å²) in [5, 5.41) is 13.5. The number of fused-ring (bicyclic) bond motifs is 1. The monoisotopic (exact) mass is 587 g/mol. The molecule has 2 aliphatic carbocycles. The summed E-state index contributed by atoms with van der Waals surface area (Å²) in [4.78, 5) is 37.0. The third-order valence-electron chi connectivity index (χ3n) is 8.09. The highest BCUT2D eigenvalue weighted by Gasteiger charge is 2.44. The van der Waals surface area contributed by atoms with Crippen molar-refractivity contribution < 1.29 is 42.1 Å². The van der Waals surface area contributed by atoms with Gasteiger partial charge in [0.25, 0.3) is 0 Å². The normalized spacial score (nSPS) is 26.3. The first-order valence-corrected chi connectivity index (χ1v) is 14.6. The number of aliphatic hydroxyl groups is 1. The molecule has 7 unspecified atom stereocenters. The highest BCUT2D eigenvalue weighted by Crippen LogP contribution is 2.45. The zero-order chi connectivity index (χ0) is 31.3. The Bertz CT molecular complexity index is 997. The molecule has 0 radical (unpaired) electrons. The van der Waals surface area contributed by atoms with Crippen LogP contribution in [0, 0.1) is 29.1 Å². The summed E-state index contributed by atoms with van der Waals surface area (Å²) in [6, 6.07) is 0. The van der Waals surface area contributed by atoms with Gasteiger partial charge in [-0.05, 0) is 83.6 Å². The average Bonchev–Trinajstić information content (AvgIpc) is 2.81. The SMILES string of the molecule is CCC(C)(C)C(=O)OC1CC(C)C=C2C=CC(C)C(CCC(O)CC(CC(=O)NC(C)(C)C)OC(=O)C(F)(F)F)C21. The van der Waals surface area contributed by atoms with Crippen molar-refractivity contribution in [2.75, 3.05) is 0 Å². The van der Waals surface area contributed by atoms with Gasteiger partial charge in [-0.3, -0.25) is 9.59 Å². The van der Waals surface area contributed by atoms with Crippen LogP contribution in [-0.2, 0) is 23.9 Å². The molecular weight excluding hydrogens is 539 g/mol. The van der Waals surface area contributed by atoms with Gasteiger partial charge < -0.3 is 19.9 Å². The zero-order valence-electron chi connectivity index (χ0n) is 25.6. The molecule has 2 rings (SSSR count). The maximum absolute atomic E-state index is 13.0. The van der Waals surface area contributed by atoms with E-state index in [4.69, 9.17) is 4.74 Å². The molecule has 0 saturated heterocycles. The van der Waals surface area contributed by atoms with E-state index in [9.17, 15) is 32.7 Å². The number of nitrogens with one attached hydrogen (secondary N) is 1. The van der Waals surface area contributed by atoms with Crippen LogP contribution in [0.15, 0.2) is 23.8 Å². The molecule has 41 heavy (non-hydrogen) atoms. The van der Waals surface area contributed by atoms with E-state index >= 15 is 0 Å². The van der Waals surface area contributed by atoms with Gasteiger partial charge in [-0.2, -0.15) is 13.2 Å². The standard InChI is InChI=1S/C31H48F3NO6/c1-9-30(7,8)27(38)41-24-15-18(2)14-20-11-10-19(3)23(26(20)24)13-12-21(36)16-22(40-28(39)31(32,33)34)17-25(37)35-29(4,5)6/h10-11,14,18-19,21-24,26,36H,9,12-13,15-17H2,1-8H3,(H,35,37). The van der Waals surface area contributed by atoms with E-state index in [2.05, 4.69) is 42.1 Å². The number of ether oxygens (including phenoxy) is 2. The number of halogens is 3. The van der Waals surface area contributed by atoms with E-state index in [1.807, 2.05) is 20.8 Å². The summed E-state index contributed by atoms with van der Waals surface area (Å²) in [5.74, 6) is -2.97. The lowest BCUT2D eigenvalue weighted by molar-refractivity contribution is -0.206. The van der Waals surface area contributed by atoms with Gasteiger partial charge in [-0.25, -0.2) is 4.79 Å². The molecule has 0 bridgehead atoms. The maximum atomic E-state index is 13.0. The number of carbonyl (C=O) groups excluding carboxylic acids is 3. The predicted octanol–water partition coefficient (Wildman–Crippen LogP) is 6.05. The van der Waals surface area contributed by atoms with Crippen LogP contribution in [0.25, 0.3) is 0 Å². The second-order valence-corrected chi connectivity index (χ2v) is 13.5. The summed E-state index contributed by atoms with van der Waals surface area (Å²) in [6.45, 7) is 15.0. The third kappa shape index (κ3) is 10.5. The van der Waals surface area contributed by atoms with Gasteiger partial charge in [0.15, 0.2) is 0 Å². The summed E-state index contributed by atoms with van der Waals surface area (Å²) < 4.78 is 49.5. The van der Waals surface area contributed by atoms with E-state index in [0.717, 1.165) is 5.57 Å². The molecule has 0 aromatic heterocycles. The van der Waals surface area contributed by atoms with Gasteiger partial charge in [-0.1, -0.05) is 39.0 Å². The van der Waals surface area contributed by atoms with Crippen molar-refractivity contribution in [3.8, 4) is 0 Å². The molecule has 7 atom stereocenters. The highest BCUT2D eigenvalue weighted by atomic mass is 19.4. The van der Waals surface area contributed by atoms with Crippen LogP contribution >= 0.6 is 0 Å². The van der Waals surface area contributed by atoms with Crippen molar-refractivity contribution in [3.05, 3.63) is 23.8 Å². The first-order valence-electron chi connectivity index (χ1n) is 14.6. The van der Waals surface area contributed by atoms with Crippen LogP contribution in [0.1, 0.15) is 93.9 Å². The van der Waals surface area contributed by atoms with E-state index in [1.54, 1.807) is 20.8 Å². The van der Waals surface area contributed by atoms with Crippen LogP contribution in [0.4, 0.5) is 13.2 Å². The lowest BCUT2D eigenvalue weighted by Gasteiger charge is -2.44. The Morgan fingerprint density at radius 1 is 1.10 bits per heavy atom. The lowest BCUT2D eigenvalue weighted by atomic mass is 9.65. The molecule has 0 aromatic carbocycles. The van der Waals surface area contributed by atoms with Gasteiger partial charge in [-0.15, -0.1) is 0 Å². The van der Waals surface area contributed by atoms with Gasteiger partial charge in [0.05, 0.1) is 17.9 Å². The molecule has 0 aliphatic heterocycles. The molecule has 1 amide bonds. The summed E-state index contributed by atoms with van der Waals surface area (Å²) in [7, 11) is 0. The fourth-order valence-electron chi connectivity index (χ4n) is 5.54. The van der Waals surface area contributed by atoms with Crippen LogP contribution in [-0.4, -0.2) is 53.0 Å². The van der Waals surface area contributed by atoms with Gasteiger partial charge >= 0.3 is 18.1 Å². The molecule has 10 heteroatoms. The Labute approximate surface area is 242 Å². The number of hydrogen-bond donors (Lipinski definition) is 2. The minimum absolute atomic E-state index is 0.0105. The van der Waals surface area contributed by atoms with Crippen LogP contribution < -0.4 is 5.32 Å².